The standard InChI is InChI=1S/C35H33ClF3N7O3S/c36-22-10-20-28(26(39)25(22)19-4-5-23(38)30-24(19)21(12-40)31(41)50-30)44-34(48-14-35-6-1-7-46(35)13-16(37)11-35)45-33(20)49-18-8-17(9-18)42-32(47)29-27(43-29)15-2-3-15/h4-5,10,15-18,27,29,43H,1-3,6-9,11,13-14,41H2,(H,42,47)/t16-,17-,18+,27+,29-,35+/m1/s1. The normalized spacial score (nSPS) is 28.7. The molecule has 2 aromatic carbocycles. The number of carbonyl (C=O) groups excluding carboxylic acids is 1. The number of halogens is 4. The number of benzene rings is 2. The molecule has 2 aliphatic carbocycles. The summed E-state index contributed by atoms with van der Waals surface area (Å²) in [5.41, 5.74) is 5.54. The summed E-state index contributed by atoms with van der Waals surface area (Å²) in [6.07, 6.45) is 4.11. The molecule has 3 saturated heterocycles. The highest BCUT2D eigenvalue weighted by Crippen LogP contribution is 2.47. The average molecular weight is 724 g/mol. The topological polar surface area (TPSA) is 148 Å². The van der Waals surface area contributed by atoms with Crippen molar-refractivity contribution in [1.29, 1.82) is 5.26 Å². The third-order valence-electron chi connectivity index (χ3n) is 11.0. The second-order valence-corrected chi connectivity index (χ2v) is 15.8. The third-order valence-corrected chi connectivity index (χ3v) is 12.3. The minimum Gasteiger partial charge on any atom is -0.474 e. The van der Waals surface area contributed by atoms with Gasteiger partial charge in [-0.25, -0.2) is 13.2 Å². The van der Waals surface area contributed by atoms with Crippen LogP contribution in [-0.2, 0) is 4.79 Å². The van der Waals surface area contributed by atoms with E-state index in [1.807, 2.05) is 6.07 Å². The molecule has 1 amide bonds. The second kappa shape index (κ2) is 11.8. The van der Waals surface area contributed by atoms with Gasteiger partial charge in [0, 0.05) is 48.8 Å². The van der Waals surface area contributed by atoms with Crippen molar-refractivity contribution >= 4 is 54.8 Å². The fourth-order valence-electron chi connectivity index (χ4n) is 8.19. The number of fused-ring (bicyclic) bond motifs is 3. The molecule has 5 fully saturated rings. The number of nitrogen functional groups attached to an aromatic ring is 1. The van der Waals surface area contributed by atoms with Gasteiger partial charge in [-0.2, -0.15) is 15.2 Å². The highest BCUT2D eigenvalue weighted by Gasteiger charge is 2.52. The van der Waals surface area contributed by atoms with Crippen LogP contribution in [0.2, 0.25) is 5.02 Å². The molecule has 2 saturated carbocycles. The van der Waals surface area contributed by atoms with Crippen LogP contribution in [0.1, 0.15) is 50.5 Å². The molecule has 50 heavy (non-hydrogen) atoms. The Balaban J connectivity index is 1.05. The smallest absolute Gasteiger partial charge is 0.320 e. The Morgan fingerprint density at radius 2 is 2.10 bits per heavy atom. The van der Waals surface area contributed by atoms with Crippen LogP contribution in [-0.4, -0.2) is 76.4 Å². The van der Waals surface area contributed by atoms with Gasteiger partial charge >= 0.3 is 6.01 Å². The van der Waals surface area contributed by atoms with Gasteiger partial charge in [0.1, 0.15) is 47.3 Å². The van der Waals surface area contributed by atoms with Gasteiger partial charge in [0.25, 0.3) is 0 Å². The van der Waals surface area contributed by atoms with Crippen molar-refractivity contribution in [2.45, 2.75) is 80.9 Å². The molecule has 4 atom stereocenters. The van der Waals surface area contributed by atoms with Gasteiger partial charge in [-0.1, -0.05) is 17.7 Å². The van der Waals surface area contributed by atoms with Crippen LogP contribution in [0.15, 0.2) is 18.2 Å². The van der Waals surface area contributed by atoms with Crippen molar-refractivity contribution in [3.05, 3.63) is 40.4 Å². The molecule has 9 rings (SSSR count). The molecule has 4 aromatic rings. The van der Waals surface area contributed by atoms with Gasteiger partial charge < -0.3 is 20.5 Å². The molecule has 2 aromatic heterocycles. The van der Waals surface area contributed by atoms with E-state index in [1.54, 1.807) is 0 Å². The predicted molar refractivity (Wildman–Crippen MR) is 182 cm³/mol. The Labute approximate surface area is 294 Å². The molecule has 3 aliphatic heterocycles. The number of amides is 1. The lowest BCUT2D eigenvalue weighted by Gasteiger charge is -2.35. The summed E-state index contributed by atoms with van der Waals surface area (Å²) in [5.74, 6) is -0.770. The van der Waals surface area contributed by atoms with Crippen LogP contribution in [0, 0.1) is 28.9 Å². The third kappa shape index (κ3) is 5.32. The van der Waals surface area contributed by atoms with Gasteiger partial charge in [-0.15, -0.1) is 11.3 Å². The van der Waals surface area contributed by atoms with Crippen LogP contribution < -0.4 is 25.8 Å². The van der Waals surface area contributed by atoms with Gasteiger partial charge in [-0.3, -0.25) is 15.0 Å². The summed E-state index contributed by atoms with van der Waals surface area (Å²) in [6.45, 7) is 1.23. The Kier molecular flexibility index (Phi) is 7.58. The molecule has 260 valence electrons. The van der Waals surface area contributed by atoms with Crippen LogP contribution >= 0.6 is 22.9 Å². The average Bonchev–Trinajstić information content (AvgIpc) is 3.96. The minimum atomic E-state index is -0.961. The van der Waals surface area contributed by atoms with Crippen molar-refractivity contribution in [3.8, 4) is 29.1 Å². The first-order valence-electron chi connectivity index (χ1n) is 17.0. The van der Waals surface area contributed by atoms with Gasteiger partial charge in [-0.05, 0) is 55.8 Å². The Morgan fingerprint density at radius 3 is 2.88 bits per heavy atom. The number of hydrogen-bond donors (Lipinski definition) is 3. The quantitative estimate of drug-likeness (QED) is 0.187. The van der Waals surface area contributed by atoms with E-state index in [1.165, 1.54) is 31.0 Å². The molecule has 15 heteroatoms. The van der Waals surface area contributed by atoms with Gasteiger partial charge in [0.05, 0.1) is 26.2 Å². The van der Waals surface area contributed by atoms with E-state index in [-0.39, 0.29) is 96.3 Å². The van der Waals surface area contributed by atoms with Crippen molar-refractivity contribution in [1.82, 2.24) is 25.5 Å². The fourth-order valence-corrected chi connectivity index (χ4v) is 9.43. The number of alkyl halides is 1. The summed E-state index contributed by atoms with van der Waals surface area (Å²) in [5, 5.41) is 16.6. The maximum Gasteiger partial charge on any atom is 0.320 e. The summed E-state index contributed by atoms with van der Waals surface area (Å²) >= 11 is 7.68. The SMILES string of the molecule is N#Cc1c(N)sc2c(F)ccc(-c3c(Cl)cc4c(O[C@H]5C[C@@H](NC(=O)[C@@H]6N[C@H]6C6CC6)C5)nc(OC[C@@]56CCCN5C[C@H](F)C6)nc4c3F)c12. The number of carbonyl (C=O) groups is 1. The van der Waals surface area contributed by atoms with E-state index in [2.05, 4.69) is 25.5 Å². The number of aromatic nitrogens is 2. The molecule has 0 bridgehead atoms. The van der Waals surface area contributed by atoms with Crippen molar-refractivity contribution in [3.63, 3.8) is 0 Å². The van der Waals surface area contributed by atoms with Gasteiger partial charge in [0.15, 0.2) is 5.82 Å². The maximum atomic E-state index is 16.9. The number of nitriles is 1. The lowest BCUT2D eigenvalue weighted by atomic mass is 9.89. The number of thiophene rings is 1. The van der Waals surface area contributed by atoms with Crippen molar-refractivity contribution in [2.75, 3.05) is 25.4 Å². The lowest BCUT2D eigenvalue weighted by Crippen LogP contribution is -2.50. The van der Waals surface area contributed by atoms with Crippen molar-refractivity contribution in [2.24, 2.45) is 5.92 Å². The van der Waals surface area contributed by atoms with E-state index in [9.17, 15) is 18.8 Å². The number of rotatable bonds is 9. The number of nitrogens with one attached hydrogen (secondary N) is 2. The van der Waals surface area contributed by atoms with Crippen LogP contribution in [0.4, 0.5) is 18.2 Å². The predicted octanol–water partition coefficient (Wildman–Crippen LogP) is 5.63. The summed E-state index contributed by atoms with van der Waals surface area (Å²) < 4.78 is 58.8. The molecule has 0 unspecified atom stereocenters. The van der Waals surface area contributed by atoms with E-state index < -0.39 is 23.3 Å². The number of nitrogens with zero attached hydrogens (tertiary/aromatic N) is 4. The Bertz CT molecular complexity index is 2120. The summed E-state index contributed by atoms with van der Waals surface area (Å²) in [4.78, 5) is 23.8. The molecular weight excluding hydrogens is 691 g/mol. The largest absolute Gasteiger partial charge is 0.474 e. The zero-order valence-electron chi connectivity index (χ0n) is 26.8. The lowest BCUT2D eigenvalue weighted by molar-refractivity contribution is -0.122. The Morgan fingerprint density at radius 1 is 1.28 bits per heavy atom. The first-order valence-corrected chi connectivity index (χ1v) is 18.2. The van der Waals surface area contributed by atoms with Crippen LogP contribution in [0.5, 0.6) is 11.9 Å². The van der Waals surface area contributed by atoms with Crippen LogP contribution in [0.25, 0.3) is 32.1 Å². The molecule has 0 radical (unpaired) electrons. The molecule has 10 nitrogen and oxygen atoms in total. The Hall–Kier alpha value is -3.90. The zero-order chi connectivity index (χ0) is 34.5. The molecule has 5 aliphatic rings. The second-order valence-electron chi connectivity index (χ2n) is 14.3. The molecule has 4 N–H and O–H groups in total. The van der Waals surface area contributed by atoms with E-state index in [0.717, 1.165) is 30.7 Å². The number of ether oxygens (including phenoxy) is 2. The zero-order valence-corrected chi connectivity index (χ0v) is 28.4. The minimum absolute atomic E-state index is 0.000461. The highest BCUT2D eigenvalue weighted by atomic mass is 35.5. The molecule has 0 spiro atoms. The summed E-state index contributed by atoms with van der Waals surface area (Å²) in [6, 6.07) is 5.99. The number of nitrogens with two attached hydrogens (primary N) is 1. The van der Waals surface area contributed by atoms with Crippen molar-refractivity contribution < 1.29 is 27.4 Å². The summed E-state index contributed by atoms with van der Waals surface area (Å²) in [7, 11) is 0. The van der Waals surface area contributed by atoms with E-state index in [0.29, 0.717) is 31.7 Å². The maximum absolute atomic E-state index is 16.9. The monoisotopic (exact) mass is 723 g/mol. The molecule has 5 heterocycles. The molecular formula is C35H33ClF3N7O3S. The highest BCUT2D eigenvalue weighted by molar-refractivity contribution is 7.23. The number of hydrogen-bond acceptors (Lipinski definition) is 10. The fraction of sp³-hybridized carbons (Fsp3) is 0.486. The first-order chi connectivity index (χ1) is 24.1. The number of anilines is 1. The van der Waals surface area contributed by atoms with E-state index in [4.69, 9.17) is 26.8 Å². The van der Waals surface area contributed by atoms with Gasteiger partial charge in [0.2, 0.25) is 11.8 Å². The van der Waals surface area contributed by atoms with E-state index >= 15 is 4.39 Å². The van der Waals surface area contributed by atoms with Crippen LogP contribution in [0.3, 0.4) is 0 Å². The first kappa shape index (κ1) is 32.0.